The van der Waals surface area contributed by atoms with E-state index in [0.29, 0.717) is 0 Å². The molecule has 1 aliphatic rings. The Morgan fingerprint density at radius 3 is 2.67 bits per heavy atom. The molecule has 1 atom stereocenters. The van der Waals surface area contributed by atoms with Gasteiger partial charge in [-0.3, -0.25) is 4.72 Å². The molecule has 0 amide bonds. The minimum Gasteiger partial charge on any atom is -0.380 e. The van der Waals surface area contributed by atoms with E-state index in [1.807, 2.05) is 0 Å². The van der Waals surface area contributed by atoms with Crippen molar-refractivity contribution in [3.05, 3.63) is 24.0 Å². The van der Waals surface area contributed by atoms with Gasteiger partial charge in [0.1, 0.15) is 0 Å². The van der Waals surface area contributed by atoms with E-state index in [4.69, 9.17) is 4.74 Å². The van der Waals surface area contributed by atoms with E-state index in [-0.39, 0.29) is 17.4 Å². The molecule has 1 saturated carbocycles. The lowest BCUT2D eigenvalue weighted by atomic mass is 10.0. The van der Waals surface area contributed by atoms with Crippen molar-refractivity contribution < 1.29 is 21.9 Å². The summed E-state index contributed by atoms with van der Waals surface area (Å²) in [5, 5.41) is 0. The number of hydrogen-bond donors (Lipinski definition) is 1. The van der Waals surface area contributed by atoms with E-state index in [2.05, 4.69) is 9.71 Å². The van der Waals surface area contributed by atoms with Crippen LogP contribution in [0.5, 0.6) is 0 Å². The van der Waals surface area contributed by atoms with Gasteiger partial charge >= 0.3 is 0 Å². The molecule has 5 nitrogen and oxygen atoms in total. The molecule has 8 heteroatoms. The fourth-order valence-electron chi connectivity index (χ4n) is 2.64. The minimum atomic E-state index is -3.72. The van der Waals surface area contributed by atoms with Crippen LogP contribution in [0.15, 0.2) is 12.3 Å². The lowest BCUT2D eigenvalue weighted by Crippen LogP contribution is -2.32. The zero-order valence-corrected chi connectivity index (χ0v) is 12.5. The summed E-state index contributed by atoms with van der Waals surface area (Å²) in [6, 6.07) is 0.761. The summed E-state index contributed by atoms with van der Waals surface area (Å²) in [5.41, 5.74) is -0.102. The number of sulfonamides is 1. The third-order valence-corrected chi connectivity index (χ3v) is 5.00. The average molecular weight is 320 g/mol. The molecule has 0 aromatic carbocycles. The smallest absolute Gasteiger partial charge is 0.249 e. The standard InChI is InChI=1S/C13H18F2N2O3S/c1-20-12(9-4-2-3-5-9)8-21(18,19)17-10-6-11(14)13(15)16-7-10/h6-7,9,12,17H,2-5,8H2,1H3. The first-order valence-electron chi connectivity index (χ1n) is 6.75. The molecule has 1 fully saturated rings. The van der Waals surface area contributed by atoms with Crippen molar-refractivity contribution in [1.29, 1.82) is 0 Å². The molecular weight excluding hydrogens is 302 g/mol. The van der Waals surface area contributed by atoms with E-state index in [9.17, 15) is 17.2 Å². The molecule has 0 radical (unpaired) electrons. The van der Waals surface area contributed by atoms with Crippen LogP contribution in [0.4, 0.5) is 14.5 Å². The van der Waals surface area contributed by atoms with E-state index < -0.39 is 27.9 Å². The normalized spacial score (nSPS) is 17.9. The van der Waals surface area contributed by atoms with Crippen molar-refractivity contribution in [3.63, 3.8) is 0 Å². The van der Waals surface area contributed by atoms with Gasteiger partial charge in [0, 0.05) is 13.2 Å². The number of aromatic nitrogens is 1. The van der Waals surface area contributed by atoms with Gasteiger partial charge in [-0.1, -0.05) is 12.8 Å². The van der Waals surface area contributed by atoms with E-state index >= 15 is 0 Å². The highest BCUT2D eigenvalue weighted by molar-refractivity contribution is 7.92. The van der Waals surface area contributed by atoms with Crippen molar-refractivity contribution in [1.82, 2.24) is 4.98 Å². The Morgan fingerprint density at radius 1 is 1.43 bits per heavy atom. The molecule has 1 aromatic heterocycles. The third-order valence-electron chi connectivity index (χ3n) is 3.68. The first-order valence-corrected chi connectivity index (χ1v) is 8.41. The Balaban J connectivity index is 2.04. The SMILES string of the molecule is COC(CS(=O)(=O)Nc1cnc(F)c(F)c1)C1CCCC1. The maximum Gasteiger partial charge on any atom is 0.249 e. The van der Waals surface area contributed by atoms with Crippen molar-refractivity contribution in [3.8, 4) is 0 Å². The summed E-state index contributed by atoms with van der Waals surface area (Å²) < 4.78 is 57.4. The van der Waals surface area contributed by atoms with Crippen LogP contribution >= 0.6 is 0 Å². The number of methoxy groups -OCH3 is 1. The first-order chi connectivity index (χ1) is 9.91. The minimum absolute atomic E-state index is 0.102. The summed E-state index contributed by atoms with van der Waals surface area (Å²) in [4.78, 5) is 3.14. The monoisotopic (exact) mass is 320 g/mol. The van der Waals surface area contributed by atoms with Crippen LogP contribution < -0.4 is 4.72 Å². The van der Waals surface area contributed by atoms with Gasteiger partial charge in [-0.2, -0.15) is 4.39 Å². The van der Waals surface area contributed by atoms with Gasteiger partial charge in [0.2, 0.25) is 16.0 Å². The molecule has 21 heavy (non-hydrogen) atoms. The second kappa shape index (κ2) is 6.65. The number of ether oxygens (including phenoxy) is 1. The molecule has 0 bridgehead atoms. The summed E-state index contributed by atoms with van der Waals surface area (Å²) in [5.74, 6) is -2.46. The van der Waals surface area contributed by atoms with Gasteiger partial charge < -0.3 is 4.74 Å². The maximum absolute atomic E-state index is 13.0. The average Bonchev–Trinajstić information content (AvgIpc) is 2.94. The first kappa shape index (κ1) is 16.1. The van der Waals surface area contributed by atoms with Crippen LogP contribution in [-0.4, -0.2) is 32.4 Å². The highest BCUT2D eigenvalue weighted by Crippen LogP contribution is 2.29. The molecule has 0 aliphatic heterocycles. The fraction of sp³-hybridized carbons (Fsp3) is 0.615. The molecule has 0 saturated heterocycles. The number of anilines is 1. The fourth-order valence-corrected chi connectivity index (χ4v) is 4.04. The third kappa shape index (κ3) is 4.34. The number of nitrogens with one attached hydrogen (secondary N) is 1. The van der Waals surface area contributed by atoms with Crippen molar-refractivity contribution in [2.45, 2.75) is 31.8 Å². The summed E-state index contributed by atoms with van der Waals surface area (Å²) in [6.07, 6.45) is 4.58. The van der Waals surface area contributed by atoms with Gasteiger partial charge in [-0.05, 0) is 18.8 Å². The number of pyridine rings is 1. The van der Waals surface area contributed by atoms with Crippen LogP contribution in [-0.2, 0) is 14.8 Å². The highest BCUT2D eigenvalue weighted by Gasteiger charge is 2.29. The number of nitrogens with zero attached hydrogens (tertiary/aromatic N) is 1. The van der Waals surface area contributed by atoms with Crippen LogP contribution in [0.25, 0.3) is 0 Å². The molecule has 0 spiro atoms. The summed E-state index contributed by atoms with van der Waals surface area (Å²) in [7, 11) is -2.23. The van der Waals surface area contributed by atoms with Crippen molar-refractivity contribution in [2.75, 3.05) is 17.6 Å². The van der Waals surface area contributed by atoms with Gasteiger partial charge in [0.05, 0.1) is 23.7 Å². The predicted octanol–water partition coefficient (Wildman–Crippen LogP) is 2.31. The van der Waals surface area contributed by atoms with Crippen LogP contribution in [0, 0.1) is 17.7 Å². The molecule has 1 N–H and O–H groups in total. The molecule has 1 aliphatic carbocycles. The largest absolute Gasteiger partial charge is 0.380 e. The molecule has 1 aromatic rings. The summed E-state index contributed by atoms with van der Waals surface area (Å²) >= 11 is 0. The van der Waals surface area contributed by atoms with E-state index in [1.165, 1.54) is 7.11 Å². The molecule has 118 valence electrons. The summed E-state index contributed by atoms with van der Waals surface area (Å²) in [6.45, 7) is 0. The Hall–Kier alpha value is -1.28. The number of halogens is 2. The number of hydrogen-bond acceptors (Lipinski definition) is 4. The molecular formula is C13H18F2N2O3S. The zero-order chi connectivity index (χ0) is 15.5. The van der Waals surface area contributed by atoms with Gasteiger partial charge in [-0.15, -0.1) is 0 Å². The van der Waals surface area contributed by atoms with Crippen LogP contribution in [0.3, 0.4) is 0 Å². The second-order valence-corrected chi connectivity index (χ2v) is 6.97. The highest BCUT2D eigenvalue weighted by atomic mass is 32.2. The molecule has 1 heterocycles. The Labute approximate surface area is 122 Å². The van der Waals surface area contributed by atoms with Crippen molar-refractivity contribution >= 4 is 15.7 Å². The zero-order valence-electron chi connectivity index (χ0n) is 11.7. The van der Waals surface area contributed by atoms with E-state index in [0.717, 1.165) is 37.9 Å². The van der Waals surface area contributed by atoms with Crippen LogP contribution in [0.2, 0.25) is 0 Å². The van der Waals surface area contributed by atoms with Crippen LogP contribution in [0.1, 0.15) is 25.7 Å². The maximum atomic E-state index is 13.0. The van der Waals surface area contributed by atoms with E-state index in [1.54, 1.807) is 0 Å². The van der Waals surface area contributed by atoms with Gasteiger partial charge in [0.15, 0.2) is 5.82 Å². The lowest BCUT2D eigenvalue weighted by Gasteiger charge is -2.22. The molecule has 2 rings (SSSR count). The van der Waals surface area contributed by atoms with Gasteiger partial charge in [0.25, 0.3) is 0 Å². The predicted molar refractivity (Wildman–Crippen MR) is 74.3 cm³/mol. The number of rotatable bonds is 6. The Kier molecular flexibility index (Phi) is 5.10. The quantitative estimate of drug-likeness (QED) is 0.817. The molecule has 1 unspecified atom stereocenters. The topological polar surface area (TPSA) is 68.3 Å². The second-order valence-electron chi connectivity index (χ2n) is 5.20. The Bertz CT molecular complexity index is 589. The van der Waals surface area contributed by atoms with Crippen molar-refractivity contribution in [2.24, 2.45) is 5.92 Å². The van der Waals surface area contributed by atoms with Gasteiger partial charge in [-0.25, -0.2) is 17.8 Å². The lowest BCUT2D eigenvalue weighted by molar-refractivity contribution is 0.0718. The Morgan fingerprint density at radius 2 is 2.10 bits per heavy atom.